The predicted molar refractivity (Wildman–Crippen MR) is 70.4 cm³/mol. The average Bonchev–Trinajstić information content (AvgIpc) is 2.39. The molecule has 1 aromatic rings. The lowest BCUT2D eigenvalue weighted by Gasteiger charge is -2.06. The van der Waals surface area contributed by atoms with Crippen LogP contribution in [0.2, 0.25) is 0 Å². The number of nitrogens with one attached hydrogen (secondary N) is 1. The fraction of sp³-hybridized carbons (Fsp3) is 0.500. The number of hydrogen-bond donors (Lipinski definition) is 2. The Kier molecular flexibility index (Phi) is 7.06. The van der Waals surface area contributed by atoms with Crippen molar-refractivity contribution in [1.82, 2.24) is 5.32 Å². The van der Waals surface area contributed by atoms with Crippen LogP contribution >= 0.6 is 0 Å². The van der Waals surface area contributed by atoms with E-state index in [1.807, 2.05) is 18.2 Å². The zero-order valence-electron chi connectivity index (χ0n) is 10.8. The van der Waals surface area contributed by atoms with Crippen LogP contribution in [-0.2, 0) is 11.3 Å². The first-order valence-corrected chi connectivity index (χ1v) is 6.25. The number of benzene rings is 1. The third-order valence-corrected chi connectivity index (χ3v) is 2.62. The Hall–Kier alpha value is -1.39. The molecule has 4 nitrogen and oxygen atoms in total. The SMILES string of the molecule is COCc1cccc(C(=O)NCCCCCO)c1. The number of methoxy groups -OCH3 is 1. The number of aliphatic hydroxyl groups is 1. The summed E-state index contributed by atoms with van der Waals surface area (Å²) in [6.07, 6.45) is 2.61. The van der Waals surface area contributed by atoms with Gasteiger partial charge in [-0.3, -0.25) is 4.79 Å². The fourth-order valence-electron chi connectivity index (χ4n) is 1.69. The van der Waals surface area contributed by atoms with Gasteiger partial charge in [0.2, 0.25) is 0 Å². The first-order chi connectivity index (χ1) is 8.77. The van der Waals surface area contributed by atoms with E-state index in [0.717, 1.165) is 24.8 Å². The van der Waals surface area contributed by atoms with E-state index >= 15 is 0 Å². The summed E-state index contributed by atoms with van der Waals surface area (Å²) in [5.41, 5.74) is 1.65. The molecule has 0 saturated heterocycles. The van der Waals surface area contributed by atoms with Crippen molar-refractivity contribution >= 4 is 5.91 Å². The number of unbranched alkanes of at least 4 members (excludes halogenated alkanes) is 2. The molecular formula is C14H21NO3. The maximum Gasteiger partial charge on any atom is 0.251 e. The Morgan fingerprint density at radius 2 is 2.17 bits per heavy atom. The summed E-state index contributed by atoms with van der Waals surface area (Å²) in [7, 11) is 1.63. The number of carbonyl (C=O) groups excluding carboxylic acids is 1. The van der Waals surface area contributed by atoms with E-state index in [1.165, 1.54) is 0 Å². The van der Waals surface area contributed by atoms with Gasteiger partial charge in [-0.15, -0.1) is 0 Å². The lowest BCUT2D eigenvalue weighted by Crippen LogP contribution is -2.24. The summed E-state index contributed by atoms with van der Waals surface area (Å²) in [5, 5.41) is 11.5. The van der Waals surface area contributed by atoms with Crippen molar-refractivity contribution in [3.8, 4) is 0 Å². The van der Waals surface area contributed by atoms with Gasteiger partial charge in [-0.2, -0.15) is 0 Å². The third-order valence-electron chi connectivity index (χ3n) is 2.62. The summed E-state index contributed by atoms with van der Waals surface area (Å²) in [6.45, 7) is 1.37. The molecule has 0 aliphatic heterocycles. The van der Waals surface area contributed by atoms with E-state index in [9.17, 15) is 4.79 Å². The van der Waals surface area contributed by atoms with Crippen LogP contribution in [0.1, 0.15) is 35.2 Å². The van der Waals surface area contributed by atoms with Crippen LogP contribution in [0.3, 0.4) is 0 Å². The normalized spacial score (nSPS) is 10.3. The summed E-state index contributed by atoms with van der Waals surface area (Å²) in [6, 6.07) is 7.42. The minimum Gasteiger partial charge on any atom is -0.396 e. The standard InChI is InChI=1S/C14H21NO3/c1-18-11-12-6-5-7-13(10-12)14(17)15-8-3-2-4-9-16/h5-7,10,16H,2-4,8-9,11H2,1H3,(H,15,17). The maximum absolute atomic E-state index is 11.8. The predicted octanol–water partition coefficient (Wildman–Crippen LogP) is 1.73. The Labute approximate surface area is 108 Å². The number of ether oxygens (including phenoxy) is 1. The topological polar surface area (TPSA) is 58.6 Å². The monoisotopic (exact) mass is 251 g/mol. The van der Waals surface area contributed by atoms with Crippen LogP contribution in [0, 0.1) is 0 Å². The smallest absolute Gasteiger partial charge is 0.251 e. The van der Waals surface area contributed by atoms with Crippen LogP contribution < -0.4 is 5.32 Å². The molecule has 100 valence electrons. The summed E-state index contributed by atoms with van der Waals surface area (Å²) < 4.78 is 5.03. The largest absolute Gasteiger partial charge is 0.396 e. The average molecular weight is 251 g/mol. The molecular weight excluding hydrogens is 230 g/mol. The number of aliphatic hydroxyl groups excluding tert-OH is 1. The summed E-state index contributed by atoms with van der Waals surface area (Å²) in [4.78, 5) is 11.8. The molecule has 0 aliphatic rings. The molecule has 0 aliphatic carbocycles. The molecule has 0 radical (unpaired) electrons. The van der Waals surface area contributed by atoms with E-state index in [-0.39, 0.29) is 12.5 Å². The Balaban J connectivity index is 2.38. The van der Waals surface area contributed by atoms with Crippen LogP contribution in [0.4, 0.5) is 0 Å². The molecule has 1 amide bonds. The van der Waals surface area contributed by atoms with Crippen molar-refractivity contribution in [2.75, 3.05) is 20.3 Å². The van der Waals surface area contributed by atoms with Gasteiger partial charge in [0.1, 0.15) is 0 Å². The van der Waals surface area contributed by atoms with E-state index in [1.54, 1.807) is 13.2 Å². The number of carbonyl (C=O) groups is 1. The molecule has 0 spiro atoms. The van der Waals surface area contributed by atoms with Gasteiger partial charge < -0.3 is 15.2 Å². The maximum atomic E-state index is 11.8. The lowest BCUT2D eigenvalue weighted by molar-refractivity contribution is 0.0952. The second-order valence-electron chi connectivity index (χ2n) is 4.17. The minimum atomic E-state index is -0.0584. The molecule has 1 rings (SSSR count). The van der Waals surface area contributed by atoms with Crippen molar-refractivity contribution in [1.29, 1.82) is 0 Å². The van der Waals surface area contributed by atoms with Crippen LogP contribution in [-0.4, -0.2) is 31.3 Å². The van der Waals surface area contributed by atoms with Crippen molar-refractivity contribution in [3.63, 3.8) is 0 Å². The molecule has 0 fully saturated rings. The highest BCUT2D eigenvalue weighted by molar-refractivity contribution is 5.94. The molecule has 0 saturated carbocycles. The van der Waals surface area contributed by atoms with Crippen molar-refractivity contribution in [2.45, 2.75) is 25.9 Å². The van der Waals surface area contributed by atoms with Crippen LogP contribution in [0.15, 0.2) is 24.3 Å². The molecule has 0 heterocycles. The number of hydrogen-bond acceptors (Lipinski definition) is 3. The molecule has 0 aromatic heterocycles. The first-order valence-electron chi connectivity index (χ1n) is 6.25. The second-order valence-corrected chi connectivity index (χ2v) is 4.17. The first kappa shape index (κ1) is 14.7. The van der Waals surface area contributed by atoms with Gasteiger partial charge in [-0.25, -0.2) is 0 Å². The van der Waals surface area contributed by atoms with Gasteiger partial charge in [-0.1, -0.05) is 12.1 Å². The third kappa shape index (κ3) is 5.29. The van der Waals surface area contributed by atoms with Gasteiger partial charge in [0.05, 0.1) is 6.61 Å². The molecule has 4 heteroatoms. The Bertz CT molecular complexity index is 366. The highest BCUT2D eigenvalue weighted by atomic mass is 16.5. The second kappa shape index (κ2) is 8.66. The molecule has 1 aromatic carbocycles. The molecule has 0 unspecified atom stereocenters. The van der Waals surface area contributed by atoms with Crippen molar-refractivity contribution < 1.29 is 14.6 Å². The van der Waals surface area contributed by atoms with Crippen LogP contribution in [0.25, 0.3) is 0 Å². The highest BCUT2D eigenvalue weighted by Crippen LogP contribution is 2.06. The highest BCUT2D eigenvalue weighted by Gasteiger charge is 2.05. The fourth-order valence-corrected chi connectivity index (χ4v) is 1.69. The number of amides is 1. The van der Waals surface area contributed by atoms with Gasteiger partial charge in [-0.05, 0) is 37.0 Å². The van der Waals surface area contributed by atoms with E-state index in [4.69, 9.17) is 9.84 Å². The van der Waals surface area contributed by atoms with Crippen molar-refractivity contribution in [2.24, 2.45) is 0 Å². The van der Waals surface area contributed by atoms with E-state index in [2.05, 4.69) is 5.32 Å². The molecule has 2 N–H and O–H groups in total. The Morgan fingerprint density at radius 3 is 2.89 bits per heavy atom. The van der Waals surface area contributed by atoms with Gasteiger partial charge in [0.15, 0.2) is 0 Å². The summed E-state index contributed by atoms with van der Waals surface area (Å²) >= 11 is 0. The molecule has 18 heavy (non-hydrogen) atoms. The van der Waals surface area contributed by atoms with Gasteiger partial charge in [0.25, 0.3) is 5.91 Å². The van der Waals surface area contributed by atoms with E-state index < -0.39 is 0 Å². The minimum absolute atomic E-state index is 0.0584. The lowest BCUT2D eigenvalue weighted by atomic mass is 10.1. The van der Waals surface area contributed by atoms with Crippen molar-refractivity contribution in [3.05, 3.63) is 35.4 Å². The molecule has 0 bridgehead atoms. The van der Waals surface area contributed by atoms with E-state index in [0.29, 0.717) is 18.7 Å². The zero-order chi connectivity index (χ0) is 13.2. The van der Waals surface area contributed by atoms with Gasteiger partial charge >= 0.3 is 0 Å². The quantitative estimate of drug-likeness (QED) is 0.692. The van der Waals surface area contributed by atoms with Crippen LogP contribution in [0.5, 0.6) is 0 Å². The number of rotatable bonds is 8. The summed E-state index contributed by atoms with van der Waals surface area (Å²) in [5.74, 6) is -0.0584. The zero-order valence-corrected chi connectivity index (χ0v) is 10.8. The molecule has 0 atom stereocenters. The Morgan fingerprint density at radius 1 is 1.33 bits per heavy atom. The van der Waals surface area contributed by atoms with Gasteiger partial charge in [0, 0.05) is 25.8 Å².